The first-order valence-electron chi connectivity index (χ1n) is 9.73. The minimum absolute atomic E-state index is 0.0283. The molecule has 0 saturated heterocycles. The van der Waals surface area contributed by atoms with Gasteiger partial charge in [0.1, 0.15) is 0 Å². The third-order valence-electron chi connectivity index (χ3n) is 5.45. The van der Waals surface area contributed by atoms with Crippen molar-refractivity contribution in [3.63, 3.8) is 0 Å². The van der Waals surface area contributed by atoms with Gasteiger partial charge in [0.05, 0.1) is 4.90 Å². The van der Waals surface area contributed by atoms with E-state index in [1.165, 1.54) is 0 Å². The molecule has 0 spiro atoms. The van der Waals surface area contributed by atoms with Crippen LogP contribution in [0.3, 0.4) is 0 Å². The van der Waals surface area contributed by atoms with Crippen LogP contribution in [0.2, 0.25) is 0 Å². The lowest BCUT2D eigenvalue weighted by Gasteiger charge is -2.19. The van der Waals surface area contributed by atoms with Gasteiger partial charge in [0.2, 0.25) is 5.91 Å². The second kappa shape index (κ2) is 6.62. The largest absolute Gasteiger partial charge is 0.312 e. The number of benzene rings is 2. The average Bonchev–Trinajstić information content (AvgIpc) is 3.40. The highest BCUT2D eigenvalue weighted by Gasteiger charge is 2.36. The van der Waals surface area contributed by atoms with Gasteiger partial charge in [-0.1, -0.05) is 32.9 Å². The molecule has 1 saturated carbocycles. The van der Waals surface area contributed by atoms with E-state index in [-0.39, 0.29) is 22.1 Å². The van der Waals surface area contributed by atoms with Crippen LogP contribution in [0.1, 0.15) is 44.7 Å². The van der Waals surface area contributed by atoms with E-state index in [1.54, 1.807) is 18.2 Å². The van der Waals surface area contributed by atoms with E-state index < -0.39 is 10.0 Å². The molecule has 28 heavy (non-hydrogen) atoms. The number of nitrogens with zero attached hydrogens (tertiary/aromatic N) is 1. The molecule has 2 aromatic rings. The molecule has 0 atom stereocenters. The molecule has 1 aliphatic heterocycles. The summed E-state index contributed by atoms with van der Waals surface area (Å²) in [7, 11) is -3.66. The summed E-state index contributed by atoms with van der Waals surface area (Å²) >= 11 is 0. The Balaban J connectivity index is 1.53. The molecule has 2 aliphatic rings. The Morgan fingerprint density at radius 1 is 1.07 bits per heavy atom. The van der Waals surface area contributed by atoms with Crippen molar-refractivity contribution in [2.24, 2.45) is 5.92 Å². The highest BCUT2D eigenvalue weighted by molar-refractivity contribution is 7.92. The first-order valence-corrected chi connectivity index (χ1v) is 11.2. The smallest absolute Gasteiger partial charge is 0.261 e. The standard InChI is InChI=1S/C22H26N2O3S/c1-22(2,3)17-6-9-19(10-7-17)28(26,27)23-18-8-11-20-16(14-18)12-13-24(20)21(25)15-4-5-15/h6-11,14-15,23H,4-5,12-13H2,1-3H3. The number of carbonyl (C=O) groups is 1. The summed E-state index contributed by atoms with van der Waals surface area (Å²) in [5, 5.41) is 0. The Labute approximate surface area is 166 Å². The normalized spacial score (nSPS) is 16.8. The average molecular weight is 399 g/mol. The Kier molecular flexibility index (Phi) is 4.49. The van der Waals surface area contributed by atoms with Crippen molar-refractivity contribution in [2.75, 3.05) is 16.2 Å². The summed E-state index contributed by atoms with van der Waals surface area (Å²) < 4.78 is 28.2. The lowest BCUT2D eigenvalue weighted by molar-refractivity contribution is -0.119. The van der Waals surface area contributed by atoms with Gasteiger partial charge in [0.25, 0.3) is 10.0 Å². The van der Waals surface area contributed by atoms with Crippen molar-refractivity contribution in [1.82, 2.24) is 0 Å². The van der Waals surface area contributed by atoms with Crippen molar-refractivity contribution in [3.05, 3.63) is 53.6 Å². The maximum atomic E-state index is 12.8. The summed E-state index contributed by atoms with van der Waals surface area (Å²) in [5.41, 5.74) is 3.51. The summed E-state index contributed by atoms with van der Waals surface area (Å²) in [6.45, 7) is 6.96. The minimum atomic E-state index is -3.66. The van der Waals surface area contributed by atoms with Gasteiger partial charge < -0.3 is 4.90 Å². The molecule has 0 aromatic heterocycles. The number of nitrogens with one attached hydrogen (secondary N) is 1. The summed E-state index contributed by atoms with van der Waals surface area (Å²) in [6.07, 6.45) is 2.72. The fourth-order valence-electron chi connectivity index (χ4n) is 3.59. The van der Waals surface area contributed by atoms with Gasteiger partial charge in [0.15, 0.2) is 0 Å². The van der Waals surface area contributed by atoms with E-state index >= 15 is 0 Å². The van der Waals surface area contributed by atoms with Crippen molar-refractivity contribution in [2.45, 2.75) is 50.3 Å². The lowest BCUT2D eigenvalue weighted by atomic mass is 9.87. The van der Waals surface area contributed by atoms with Gasteiger partial charge in [-0.2, -0.15) is 0 Å². The Morgan fingerprint density at radius 3 is 2.36 bits per heavy atom. The summed E-state index contributed by atoms with van der Waals surface area (Å²) in [6, 6.07) is 12.4. The molecule has 6 heteroatoms. The first-order chi connectivity index (χ1) is 13.1. The molecule has 4 rings (SSSR count). The maximum absolute atomic E-state index is 12.8. The van der Waals surface area contributed by atoms with E-state index in [0.717, 1.165) is 36.1 Å². The second-order valence-electron chi connectivity index (χ2n) is 8.74. The van der Waals surface area contributed by atoms with Gasteiger partial charge in [-0.05, 0) is 66.1 Å². The zero-order valence-corrected chi connectivity index (χ0v) is 17.3. The molecule has 0 unspecified atom stereocenters. The number of hydrogen-bond acceptors (Lipinski definition) is 3. The summed E-state index contributed by atoms with van der Waals surface area (Å²) in [5.74, 6) is 0.381. The maximum Gasteiger partial charge on any atom is 0.261 e. The van der Waals surface area contributed by atoms with Gasteiger partial charge in [-0.3, -0.25) is 9.52 Å². The Bertz CT molecular complexity index is 1020. The minimum Gasteiger partial charge on any atom is -0.312 e. The third kappa shape index (κ3) is 3.65. The van der Waals surface area contributed by atoms with Crippen molar-refractivity contribution in [1.29, 1.82) is 0 Å². The van der Waals surface area contributed by atoms with Crippen LogP contribution in [-0.4, -0.2) is 20.9 Å². The molecule has 1 amide bonds. The Hall–Kier alpha value is -2.34. The fourth-order valence-corrected chi connectivity index (χ4v) is 4.64. The van der Waals surface area contributed by atoms with Gasteiger partial charge in [0, 0.05) is 23.8 Å². The number of anilines is 2. The quantitative estimate of drug-likeness (QED) is 0.844. The van der Waals surface area contributed by atoms with Crippen LogP contribution in [0.25, 0.3) is 0 Å². The molecular formula is C22H26N2O3S. The zero-order valence-electron chi connectivity index (χ0n) is 16.5. The van der Waals surface area contributed by atoms with Gasteiger partial charge >= 0.3 is 0 Å². The van der Waals surface area contributed by atoms with Crippen LogP contribution in [-0.2, 0) is 26.7 Å². The Morgan fingerprint density at radius 2 is 1.75 bits per heavy atom. The van der Waals surface area contributed by atoms with Crippen molar-refractivity contribution >= 4 is 27.3 Å². The highest BCUT2D eigenvalue weighted by Crippen LogP contribution is 2.37. The van der Waals surface area contributed by atoms with E-state index in [1.807, 2.05) is 29.2 Å². The topological polar surface area (TPSA) is 66.5 Å². The van der Waals surface area contributed by atoms with E-state index in [2.05, 4.69) is 25.5 Å². The number of sulfonamides is 1. The van der Waals surface area contributed by atoms with Crippen LogP contribution in [0.4, 0.5) is 11.4 Å². The SMILES string of the molecule is CC(C)(C)c1ccc(S(=O)(=O)Nc2ccc3c(c2)CCN3C(=O)C2CC2)cc1. The molecule has 1 heterocycles. The van der Waals surface area contributed by atoms with Crippen LogP contribution >= 0.6 is 0 Å². The molecule has 148 valence electrons. The van der Waals surface area contributed by atoms with Crippen molar-refractivity contribution < 1.29 is 13.2 Å². The number of rotatable bonds is 4. The van der Waals surface area contributed by atoms with Crippen molar-refractivity contribution in [3.8, 4) is 0 Å². The molecule has 1 fully saturated rings. The predicted octanol–water partition coefficient (Wildman–Crippen LogP) is 4.08. The van der Waals surface area contributed by atoms with E-state index in [9.17, 15) is 13.2 Å². The first kappa shape index (κ1) is 19.0. The van der Waals surface area contributed by atoms with Crippen LogP contribution in [0.5, 0.6) is 0 Å². The lowest BCUT2D eigenvalue weighted by Crippen LogP contribution is -2.30. The van der Waals surface area contributed by atoms with E-state index in [4.69, 9.17) is 0 Å². The molecule has 0 bridgehead atoms. The molecule has 0 radical (unpaired) electrons. The number of fused-ring (bicyclic) bond motifs is 1. The fraction of sp³-hybridized carbons (Fsp3) is 0.409. The van der Waals surface area contributed by atoms with E-state index in [0.29, 0.717) is 12.2 Å². The predicted molar refractivity (Wildman–Crippen MR) is 111 cm³/mol. The molecule has 1 aliphatic carbocycles. The van der Waals surface area contributed by atoms with Crippen LogP contribution < -0.4 is 9.62 Å². The van der Waals surface area contributed by atoms with Gasteiger partial charge in [-0.15, -0.1) is 0 Å². The molecule has 1 N–H and O–H groups in total. The highest BCUT2D eigenvalue weighted by atomic mass is 32.2. The number of amides is 1. The van der Waals surface area contributed by atoms with Crippen LogP contribution in [0, 0.1) is 5.92 Å². The number of carbonyl (C=O) groups excluding carboxylic acids is 1. The summed E-state index contributed by atoms with van der Waals surface area (Å²) in [4.78, 5) is 14.5. The van der Waals surface area contributed by atoms with Gasteiger partial charge in [-0.25, -0.2) is 8.42 Å². The third-order valence-corrected chi connectivity index (χ3v) is 6.85. The molecule has 2 aromatic carbocycles. The van der Waals surface area contributed by atoms with Crippen LogP contribution in [0.15, 0.2) is 47.4 Å². The molecule has 5 nitrogen and oxygen atoms in total. The molecular weight excluding hydrogens is 372 g/mol. The zero-order chi connectivity index (χ0) is 20.1. The monoisotopic (exact) mass is 398 g/mol. The number of hydrogen-bond donors (Lipinski definition) is 1. The second-order valence-corrected chi connectivity index (χ2v) is 10.4.